The molecule has 1 heterocycles. The zero-order chi connectivity index (χ0) is 16.0. The fraction of sp³-hybridized carbons (Fsp3) is 0.316. The van der Waals surface area contributed by atoms with Crippen LogP contribution >= 0.6 is 0 Å². The van der Waals surface area contributed by atoms with E-state index in [0.29, 0.717) is 5.56 Å². The van der Waals surface area contributed by atoms with Crippen molar-refractivity contribution in [2.75, 3.05) is 13.7 Å². The van der Waals surface area contributed by atoms with E-state index < -0.39 is 11.5 Å². The van der Waals surface area contributed by atoms with Crippen LogP contribution in [0, 0.1) is 11.8 Å². The molecular weight excluding hydrogens is 292 g/mol. The van der Waals surface area contributed by atoms with Crippen LogP contribution < -0.4 is 0 Å². The Kier molecular flexibility index (Phi) is 3.25. The number of ether oxygens (including phenoxy) is 2. The molecule has 4 atom stereocenters. The molecule has 4 rings (SSSR count). The first-order valence-electron chi connectivity index (χ1n) is 7.74. The van der Waals surface area contributed by atoms with Crippen molar-refractivity contribution in [3.63, 3.8) is 0 Å². The van der Waals surface area contributed by atoms with Gasteiger partial charge in [0.1, 0.15) is 11.5 Å². The van der Waals surface area contributed by atoms with Crippen LogP contribution in [0.1, 0.15) is 22.8 Å². The number of methoxy groups -OCH3 is 1. The number of hydrogen-bond acceptors (Lipinski definition) is 4. The summed E-state index contributed by atoms with van der Waals surface area (Å²) in [6.45, 7) is 0.269. The molecule has 0 radical (unpaired) electrons. The van der Waals surface area contributed by atoms with E-state index in [0.717, 1.165) is 11.1 Å². The summed E-state index contributed by atoms with van der Waals surface area (Å²) in [6, 6.07) is 17.0. The largest absolute Gasteiger partial charge is 0.465 e. The van der Waals surface area contributed by atoms with Crippen molar-refractivity contribution in [3.05, 3.63) is 71.3 Å². The number of aliphatic hydroxyl groups is 1. The molecule has 4 heteroatoms. The van der Waals surface area contributed by atoms with Crippen LogP contribution in [0.5, 0.6) is 0 Å². The molecule has 4 nitrogen and oxygen atoms in total. The third-order valence-electron chi connectivity index (χ3n) is 5.08. The first-order valence-corrected chi connectivity index (χ1v) is 7.74. The summed E-state index contributed by atoms with van der Waals surface area (Å²) in [6.07, 6.45) is -0.258. The average Bonchev–Trinajstić information content (AvgIpc) is 2.99. The third kappa shape index (κ3) is 1.89. The second-order valence-electron chi connectivity index (χ2n) is 6.15. The Morgan fingerprint density at radius 3 is 2.57 bits per heavy atom. The Balaban J connectivity index is 2.01. The minimum atomic E-state index is -1.40. The van der Waals surface area contributed by atoms with Crippen molar-refractivity contribution >= 4 is 5.97 Å². The molecule has 1 aliphatic carbocycles. The van der Waals surface area contributed by atoms with Crippen molar-refractivity contribution in [2.45, 2.75) is 11.7 Å². The summed E-state index contributed by atoms with van der Waals surface area (Å²) < 4.78 is 11.0. The number of hydrogen-bond donors (Lipinski definition) is 1. The van der Waals surface area contributed by atoms with Gasteiger partial charge in [-0.2, -0.15) is 0 Å². The van der Waals surface area contributed by atoms with E-state index in [9.17, 15) is 9.90 Å². The molecule has 2 aromatic rings. The maximum absolute atomic E-state index is 12.4. The van der Waals surface area contributed by atoms with Crippen molar-refractivity contribution in [2.24, 2.45) is 11.8 Å². The van der Waals surface area contributed by atoms with Crippen LogP contribution in [0.15, 0.2) is 54.6 Å². The van der Waals surface area contributed by atoms with Crippen LogP contribution in [-0.4, -0.2) is 24.8 Å². The van der Waals surface area contributed by atoms with Crippen LogP contribution in [0.3, 0.4) is 0 Å². The van der Waals surface area contributed by atoms with Gasteiger partial charge in [0.25, 0.3) is 0 Å². The zero-order valence-corrected chi connectivity index (χ0v) is 12.8. The number of esters is 1. The van der Waals surface area contributed by atoms with Crippen molar-refractivity contribution in [3.8, 4) is 0 Å². The van der Waals surface area contributed by atoms with Gasteiger partial charge in [-0.3, -0.25) is 4.79 Å². The molecule has 1 fully saturated rings. The smallest absolute Gasteiger partial charge is 0.313 e. The van der Waals surface area contributed by atoms with E-state index in [4.69, 9.17) is 9.47 Å². The minimum absolute atomic E-state index is 0.201. The molecule has 0 unspecified atom stereocenters. The Labute approximate surface area is 134 Å². The Bertz CT molecular complexity index is 742. The van der Waals surface area contributed by atoms with Gasteiger partial charge in [-0.15, -0.1) is 0 Å². The monoisotopic (exact) mass is 310 g/mol. The number of fused-ring (bicyclic) bond motifs is 2. The maximum Gasteiger partial charge on any atom is 0.313 e. The quantitative estimate of drug-likeness (QED) is 0.866. The first-order chi connectivity index (χ1) is 11.2. The topological polar surface area (TPSA) is 55.8 Å². The second kappa shape index (κ2) is 5.18. The molecule has 0 amide bonds. The normalized spacial score (nSPS) is 32.1. The molecule has 0 aromatic heterocycles. The standard InChI is InChI=1S/C19H18O4/c1-22-17-13-9-5-6-10-15(13)19(21,12-7-3-2-4-8-12)16-14(17)11-23-18(16)20/h2-10,14,16-17,21H,11H2,1H3/t14-,16-,17+,19-/m0/s1. The lowest BCUT2D eigenvalue weighted by Gasteiger charge is -2.44. The van der Waals surface area contributed by atoms with Crippen molar-refractivity contribution in [1.29, 1.82) is 0 Å². The number of cyclic esters (lactones) is 1. The lowest BCUT2D eigenvalue weighted by molar-refractivity contribution is -0.149. The maximum atomic E-state index is 12.4. The Morgan fingerprint density at radius 1 is 1.13 bits per heavy atom. The number of benzene rings is 2. The molecular formula is C19H18O4. The molecule has 118 valence electrons. The predicted molar refractivity (Wildman–Crippen MR) is 83.6 cm³/mol. The molecule has 0 spiro atoms. The van der Waals surface area contributed by atoms with Gasteiger partial charge in [-0.1, -0.05) is 54.6 Å². The van der Waals surface area contributed by atoms with Gasteiger partial charge in [-0.25, -0.2) is 0 Å². The molecule has 2 aromatic carbocycles. The van der Waals surface area contributed by atoms with Gasteiger partial charge in [-0.05, 0) is 16.7 Å². The SMILES string of the molecule is CO[C@@H]1c2ccccc2[C@@](O)(c2ccccc2)[C@@H]2C(=O)OC[C@H]12. The Hall–Kier alpha value is -2.17. The minimum Gasteiger partial charge on any atom is -0.465 e. The lowest BCUT2D eigenvalue weighted by atomic mass is 9.63. The van der Waals surface area contributed by atoms with E-state index in [1.165, 1.54) is 0 Å². The predicted octanol–water partition coefficient (Wildman–Crippen LogP) is 2.41. The fourth-order valence-corrected chi connectivity index (χ4v) is 4.10. The molecule has 1 aliphatic heterocycles. The van der Waals surface area contributed by atoms with E-state index >= 15 is 0 Å². The summed E-state index contributed by atoms with van der Waals surface area (Å²) in [4.78, 5) is 12.4. The van der Waals surface area contributed by atoms with Gasteiger partial charge in [0.2, 0.25) is 0 Å². The summed E-state index contributed by atoms with van der Waals surface area (Å²) in [5.41, 5.74) is 0.945. The lowest BCUT2D eigenvalue weighted by Crippen LogP contribution is -2.48. The molecule has 1 saturated heterocycles. The van der Waals surface area contributed by atoms with Crippen LogP contribution in [0.4, 0.5) is 0 Å². The summed E-state index contributed by atoms with van der Waals surface area (Å²) in [7, 11) is 1.63. The van der Waals surface area contributed by atoms with E-state index in [1.54, 1.807) is 7.11 Å². The van der Waals surface area contributed by atoms with Crippen LogP contribution in [-0.2, 0) is 19.9 Å². The Morgan fingerprint density at radius 2 is 1.83 bits per heavy atom. The molecule has 2 aliphatic rings. The van der Waals surface area contributed by atoms with Crippen molar-refractivity contribution in [1.82, 2.24) is 0 Å². The summed E-state index contributed by atoms with van der Waals surface area (Å²) in [5.74, 6) is -1.23. The second-order valence-corrected chi connectivity index (χ2v) is 6.15. The number of carbonyl (C=O) groups is 1. The van der Waals surface area contributed by atoms with Gasteiger partial charge >= 0.3 is 5.97 Å². The number of rotatable bonds is 2. The first kappa shape index (κ1) is 14.4. The van der Waals surface area contributed by atoms with Gasteiger partial charge in [0, 0.05) is 13.0 Å². The van der Waals surface area contributed by atoms with Gasteiger partial charge < -0.3 is 14.6 Å². The number of carbonyl (C=O) groups excluding carboxylic acids is 1. The summed E-state index contributed by atoms with van der Waals surface area (Å²) in [5, 5.41) is 11.7. The third-order valence-corrected chi connectivity index (χ3v) is 5.08. The van der Waals surface area contributed by atoms with Crippen LogP contribution in [0.2, 0.25) is 0 Å². The van der Waals surface area contributed by atoms with Gasteiger partial charge in [0.05, 0.1) is 12.7 Å². The highest BCUT2D eigenvalue weighted by atomic mass is 16.5. The zero-order valence-electron chi connectivity index (χ0n) is 12.8. The van der Waals surface area contributed by atoms with Gasteiger partial charge in [0.15, 0.2) is 0 Å². The average molecular weight is 310 g/mol. The van der Waals surface area contributed by atoms with Crippen molar-refractivity contribution < 1.29 is 19.4 Å². The molecule has 0 bridgehead atoms. The summed E-state index contributed by atoms with van der Waals surface area (Å²) >= 11 is 0. The highest BCUT2D eigenvalue weighted by Crippen LogP contribution is 2.54. The fourth-order valence-electron chi connectivity index (χ4n) is 4.10. The van der Waals surface area contributed by atoms with Crippen LogP contribution in [0.25, 0.3) is 0 Å². The van der Waals surface area contributed by atoms with E-state index in [-0.39, 0.29) is 24.6 Å². The highest BCUT2D eigenvalue weighted by Gasteiger charge is 2.59. The molecule has 1 N–H and O–H groups in total. The highest BCUT2D eigenvalue weighted by molar-refractivity contribution is 5.79. The molecule has 23 heavy (non-hydrogen) atoms. The van der Waals surface area contributed by atoms with E-state index in [1.807, 2.05) is 54.6 Å². The van der Waals surface area contributed by atoms with E-state index in [2.05, 4.69) is 0 Å². The molecule has 0 saturated carbocycles.